The lowest BCUT2D eigenvalue weighted by Crippen LogP contribution is -2.50. The standard InChI is InChI=1S/C26H32N2O2S/c1-19-7-10-24-23(15-19)26(18-28(24)31(29,30)22-5-3-2-4-6-22)11-13-27(14-12-26)25-17-20-8-9-21(25)16-20/h2-7,10,15,20-21,25H,8-9,11-14,16-18H2,1H3. The summed E-state index contributed by atoms with van der Waals surface area (Å²) >= 11 is 0. The first-order chi connectivity index (χ1) is 15.0. The fourth-order valence-corrected chi connectivity index (χ4v) is 8.63. The average molecular weight is 437 g/mol. The smallest absolute Gasteiger partial charge is 0.264 e. The molecule has 2 heterocycles. The number of rotatable bonds is 3. The molecule has 6 rings (SSSR count). The Kier molecular flexibility index (Phi) is 4.52. The maximum Gasteiger partial charge on any atom is 0.264 e. The van der Waals surface area contributed by atoms with Crippen molar-refractivity contribution in [3.05, 3.63) is 59.7 Å². The third-order valence-corrected chi connectivity index (χ3v) is 10.5. The van der Waals surface area contributed by atoms with E-state index in [0.717, 1.165) is 49.5 Å². The number of sulfonamides is 1. The lowest BCUT2D eigenvalue weighted by atomic mass is 9.73. The third kappa shape index (κ3) is 3.07. The zero-order chi connectivity index (χ0) is 21.2. The van der Waals surface area contributed by atoms with E-state index < -0.39 is 10.0 Å². The number of benzene rings is 2. The van der Waals surface area contributed by atoms with E-state index in [9.17, 15) is 8.42 Å². The maximum absolute atomic E-state index is 13.6. The largest absolute Gasteiger partial charge is 0.300 e. The molecule has 4 nitrogen and oxygen atoms in total. The number of likely N-dealkylation sites (tertiary alicyclic amines) is 1. The van der Waals surface area contributed by atoms with Crippen molar-refractivity contribution in [3.8, 4) is 0 Å². The molecule has 2 aromatic rings. The van der Waals surface area contributed by atoms with Crippen LogP contribution in [0.25, 0.3) is 0 Å². The Morgan fingerprint density at radius 2 is 1.74 bits per heavy atom. The van der Waals surface area contributed by atoms with Gasteiger partial charge in [-0.1, -0.05) is 42.3 Å². The molecule has 31 heavy (non-hydrogen) atoms. The van der Waals surface area contributed by atoms with Gasteiger partial charge in [-0.2, -0.15) is 0 Å². The molecule has 3 fully saturated rings. The van der Waals surface area contributed by atoms with Crippen LogP contribution in [0.1, 0.15) is 49.7 Å². The van der Waals surface area contributed by atoms with Crippen LogP contribution in [0.5, 0.6) is 0 Å². The highest BCUT2D eigenvalue weighted by Crippen LogP contribution is 2.52. The molecule has 0 radical (unpaired) electrons. The van der Waals surface area contributed by atoms with Crippen molar-refractivity contribution in [1.82, 2.24) is 4.90 Å². The van der Waals surface area contributed by atoms with Gasteiger partial charge < -0.3 is 4.90 Å². The van der Waals surface area contributed by atoms with Gasteiger partial charge in [0.25, 0.3) is 10.0 Å². The van der Waals surface area contributed by atoms with Gasteiger partial charge in [0, 0.05) is 18.0 Å². The van der Waals surface area contributed by atoms with Gasteiger partial charge in [-0.25, -0.2) is 8.42 Å². The molecule has 2 bridgehead atoms. The summed E-state index contributed by atoms with van der Waals surface area (Å²) in [5.41, 5.74) is 3.30. The molecule has 1 spiro atoms. The van der Waals surface area contributed by atoms with Crippen LogP contribution in [0.15, 0.2) is 53.4 Å². The molecule has 5 heteroatoms. The summed E-state index contributed by atoms with van der Waals surface area (Å²) in [6.07, 6.45) is 7.80. The van der Waals surface area contributed by atoms with Gasteiger partial charge in [0.2, 0.25) is 0 Å². The van der Waals surface area contributed by atoms with Crippen LogP contribution in [0, 0.1) is 18.8 Å². The van der Waals surface area contributed by atoms with Crippen LogP contribution in [0.2, 0.25) is 0 Å². The van der Waals surface area contributed by atoms with Crippen LogP contribution in [0.3, 0.4) is 0 Å². The van der Waals surface area contributed by atoms with Gasteiger partial charge in [-0.05, 0) is 87.7 Å². The first-order valence-electron chi connectivity index (χ1n) is 11.9. The van der Waals surface area contributed by atoms with E-state index in [2.05, 4.69) is 24.0 Å². The Hall–Kier alpha value is -1.85. The molecule has 164 valence electrons. The monoisotopic (exact) mass is 436 g/mol. The maximum atomic E-state index is 13.6. The molecular weight excluding hydrogens is 404 g/mol. The van der Waals surface area contributed by atoms with E-state index >= 15 is 0 Å². The van der Waals surface area contributed by atoms with Gasteiger partial charge in [0.05, 0.1) is 10.6 Å². The number of fused-ring (bicyclic) bond motifs is 4. The Morgan fingerprint density at radius 3 is 2.42 bits per heavy atom. The van der Waals surface area contributed by atoms with Gasteiger partial charge >= 0.3 is 0 Å². The lowest BCUT2D eigenvalue weighted by molar-refractivity contribution is 0.0881. The summed E-state index contributed by atoms with van der Waals surface area (Å²) in [6, 6.07) is 16.0. The van der Waals surface area contributed by atoms with Crippen molar-refractivity contribution >= 4 is 15.7 Å². The van der Waals surface area contributed by atoms with Crippen LogP contribution in [-0.2, 0) is 15.4 Å². The van der Waals surface area contributed by atoms with Crippen molar-refractivity contribution in [2.24, 2.45) is 11.8 Å². The van der Waals surface area contributed by atoms with Crippen LogP contribution < -0.4 is 4.31 Å². The Bertz CT molecular complexity index is 1090. The van der Waals surface area contributed by atoms with E-state index in [1.165, 1.54) is 36.8 Å². The van der Waals surface area contributed by atoms with Crippen LogP contribution in [0.4, 0.5) is 5.69 Å². The molecule has 3 atom stereocenters. The topological polar surface area (TPSA) is 40.6 Å². The number of hydrogen-bond donors (Lipinski definition) is 0. The quantitative estimate of drug-likeness (QED) is 0.699. The summed E-state index contributed by atoms with van der Waals surface area (Å²) in [4.78, 5) is 3.14. The summed E-state index contributed by atoms with van der Waals surface area (Å²) in [5.74, 6) is 1.87. The Labute approximate surface area is 186 Å². The zero-order valence-corrected chi connectivity index (χ0v) is 19.2. The summed E-state index contributed by atoms with van der Waals surface area (Å²) in [6.45, 7) is 4.89. The second-order valence-electron chi connectivity index (χ2n) is 10.4. The highest BCUT2D eigenvalue weighted by atomic mass is 32.2. The SMILES string of the molecule is Cc1ccc2c(c1)C1(CCN(C3CC4CCC3C4)CC1)CN2S(=O)(=O)c1ccccc1. The van der Waals surface area contributed by atoms with Crippen molar-refractivity contribution in [1.29, 1.82) is 0 Å². The second-order valence-corrected chi connectivity index (χ2v) is 12.3. The van der Waals surface area contributed by atoms with Crippen molar-refractivity contribution in [2.75, 3.05) is 23.9 Å². The predicted octanol–water partition coefficient (Wildman–Crippen LogP) is 4.73. The molecule has 3 unspecified atom stereocenters. The summed E-state index contributed by atoms with van der Waals surface area (Å²) in [5, 5.41) is 0. The fraction of sp³-hybridized carbons (Fsp3) is 0.538. The van der Waals surface area contributed by atoms with E-state index in [4.69, 9.17) is 0 Å². The molecule has 1 saturated heterocycles. The van der Waals surface area contributed by atoms with Crippen molar-refractivity contribution in [2.45, 2.75) is 61.8 Å². The summed E-state index contributed by atoms with van der Waals surface area (Å²) < 4.78 is 28.9. The Balaban J connectivity index is 1.31. The van der Waals surface area contributed by atoms with Gasteiger partial charge in [-0.15, -0.1) is 0 Å². The molecule has 0 amide bonds. The van der Waals surface area contributed by atoms with E-state index in [1.54, 1.807) is 16.4 Å². The van der Waals surface area contributed by atoms with E-state index in [1.807, 2.05) is 24.3 Å². The van der Waals surface area contributed by atoms with E-state index in [-0.39, 0.29) is 5.41 Å². The Morgan fingerprint density at radius 1 is 0.968 bits per heavy atom. The van der Waals surface area contributed by atoms with Gasteiger partial charge in [0.15, 0.2) is 0 Å². The zero-order valence-electron chi connectivity index (χ0n) is 18.3. The lowest BCUT2D eigenvalue weighted by Gasteiger charge is -2.44. The normalized spacial score (nSPS) is 29.6. The first-order valence-corrected chi connectivity index (χ1v) is 13.3. The highest BCUT2D eigenvalue weighted by molar-refractivity contribution is 7.92. The van der Waals surface area contributed by atoms with E-state index in [0.29, 0.717) is 11.4 Å². The molecular formula is C26H32N2O2S. The molecule has 0 N–H and O–H groups in total. The summed E-state index contributed by atoms with van der Waals surface area (Å²) in [7, 11) is -3.56. The minimum atomic E-state index is -3.56. The van der Waals surface area contributed by atoms with Crippen molar-refractivity contribution in [3.63, 3.8) is 0 Å². The first kappa shape index (κ1) is 19.8. The molecule has 2 aliphatic heterocycles. The van der Waals surface area contributed by atoms with Gasteiger partial charge in [0.1, 0.15) is 0 Å². The minimum Gasteiger partial charge on any atom is -0.300 e. The molecule has 4 aliphatic rings. The number of anilines is 1. The van der Waals surface area contributed by atoms with Crippen LogP contribution >= 0.6 is 0 Å². The number of piperidine rings is 1. The average Bonchev–Trinajstić information content (AvgIpc) is 3.49. The predicted molar refractivity (Wildman–Crippen MR) is 124 cm³/mol. The van der Waals surface area contributed by atoms with Gasteiger partial charge in [-0.3, -0.25) is 4.31 Å². The third-order valence-electron chi connectivity index (χ3n) is 8.69. The number of nitrogens with zero attached hydrogens (tertiary/aromatic N) is 2. The number of aryl methyl sites for hydroxylation is 1. The molecule has 2 aromatic carbocycles. The molecule has 2 saturated carbocycles. The highest BCUT2D eigenvalue weighted by Gasteiger charge is 2.50. The second kappa shape index (κ2) is 7.08. The molecule has 0 aromatic heterocycles. The fourth-order valence-electron chi connectivity index (χ4n) is 7.04. The van der Waals surface area contributed by atoms with Crippen LogP contribution in [-0.4, -0.2) is 39.0 Å². The number of hydrogen-bond acceptors (Lipinski definition) is 3. The molecule has 2 aliphatic carbocycles. The van der Waals surface area contributed by atoms with Crippen molar-refractivity contribution < 1.29 is 8.42 Å². The minimum absolute atomic E-state index is 0.0582.